The van der Waals surface area contributed by atoms with E-state index in [0.29, 0.717) is 0 Å². The SMILES string of the molecule is NC(=O)c1ccccc1NS(=O)(=O)c1ccc2c(c1)CCCC2. The molecule has 0 atom stereocenters. The molecule has 0 spiro atoms. The van der Waals surface area contributed by atoms with Crippen LogP contribution >= 0.6 is 0 Å². The highest BCUT2D eigenvalue weighted by molar-refractivity contribution is 7.92. The number of anilines is 1. The maximum atomic E-state index is 12.6. The summed E-state index contributed by atoms with van der Waals surface area (Å²) in [5.41, 5.74) is 7.93. The van der Waals surface area contributed by atoms with Gasteiger partial charge >= 0.3 is 0 Å². The van der Waals surface area contributed by atoms with Gasteiger partial charge in [-0.3, -0.25) is 9.52 Å². The summed E-state index contributed by atoms with van der Waals surface area (Å²) in [6.07, 6.45) is 4.11. The third kappa shape index (κ3) is 3.22. The third-order valence-corrected chi connectivity index (χ3v) is 5.43. The van der Waals surface area contributed by atoms with Crippen LogP contribution in [0.15, 0.2) is 47.4 Å². The van der Waals surface area contributed by atoms with Crippen LogP contribution in [0.5, 0.6) is 0 Å². The number of benzene rings is 2. The van der Waals surface area contributed by atoms with Crippen LogP contribution in [0.2, 0.25) is 0 Å². The Morgan fingerprint density at radius 1 is 1.00 bits per heavy atom. The molecule has 0 fully saturated rings. The van der Waals surface area contributed by atoms with Crippen LogP contribution in [0.3, 0.4) is 0 Å². The first kappa shape index (κ1) is 15.6. The number of rotatable bonds is 4. The zero-order valence-corrected chi connectivity index (χ0v) is 13.4. The van der Waals surface area contributed by atoms with Crippen molar-refractivity contribution in [1.29, 1.82) is 0 Å². The zero-order valence-electron chi connectivity index (χ0n) is 12.6. The van der Waals surface area contributed by atoms with E-state index in [9.17, 15) is 13.2 Å². The quantitative estimate of drug-likeness (QED) is 0.902. The summed E-state index contributed by atoms with van der Waals surface area (Å²) in [7, 11) is -3.76. The topological polar surface area (TPSA) is 89.3 Å². The normalized spacial score (nSPS) is 14.1. The van der Waals surface area contributed by atoms with Crippen LogP contribution in [0, 0.1) is 0 Å². The first-order valence-electron chi connectivity index (χ1n) is 7.51. The molecule has 1 aliphatic carbocycles. The molecule has 0 saturated heterocycles. The second kappa shape index (κ2) is 6.04. The fraction of sp³-hybridized carbons (Fsp3) is 0.235. The monoisotopic (exact) mass is 330 g/mol. The van der Waals surface area contributed by atoms with E-state index in [4.69, 9.17) is 5.73 Å². The van der Waals surface area contributed by atoms with Gasteiger partial charge in [-0.15, -0.1) is 0 Å². The molecule has 0 heterocycles. The molecule has 0 aliphatic heterocycles. The number of nitrogens with two attached hydrogens (primary N) is 1. The highest BCUT2D eigenvalue weighted by Crippen LogP contribution is 2.26. The van der Waals surface area contributed by atoms with E-state index in [1.807, 2.05) is 6.07 Å². The maximum absolute atomic E-state index is 12.6. The van der Waals surface area contributed by atoms with Gasteiger partial charge in [-0.2, -0.15) is 0 Å². The first-order chi connectivity index (χ1) is 11.0. The molecule has 0 radical (unpaired) electrons. The molecule has 2 aromatic carbocycles. The molecule has 1 aliphatic rings. The van der Waals surface area contributed by atoms with Gasteiger partial charge in [-0.1, -0.05) is 18.2 Å². The number of carbonyl (C=O) groups excluding carboxylic acids is 1. The van der Waals surface area contributed by atoms with Gasteiger partial charge in [-0.05, 0) is 61.1 Å². The fourth-order valence-electron chi connectivity index (χ4n) is 2.87. The minimum absolute atomic E-state index is 0.147. The lowest BCUT2D eigenvalue weighted by molar-refractivity contribution is 0.100. The Kier molecular flexibility index (Phi) is 4.09. The molecule has 120 valence electrons. The highest BCUT2D eigenvalue weighted by atomic mass is 32.2. The number of hydrogen-bond donors (Lipinski definition) is 2. The van der Waals surface area contributed by atoms with E-state index >= 15 is 0 Å². The fourth-order valence-corrected chi connectivity index (χ4v) is 4.00. The molecule has 0 bridgehead atoms. The largest absolute Gasteiger partial charge is 0.366 e. The van der Waals surface area contributed by atoms with E-state index in [2.05, 4.69) is 4.72 Å². The number of amides is 1. The number of nitrogens with one attached hydrogen (secondary N) is 1. The molecule has 6 heteroatoms. The van der Waals surface area contributed by atoms with Crippen LogP contribution in [-0.4, -0.2) is 14.3 Å². The van der Waals surface area contributed by atoms with E-state index in [0.717, 1.165) is 31.2 Å². The van der Waals surface area contributed by atoms with Crippen molar-refractivity contribution < 1.29 is 13.2 Å². The first-order valence-corrected chi connectivity index (χ1v) is 8.99. The number of sulfonamides is 1. The standard InChI is InChI=1S/C17H18N2O3S/c18-17(20)15-7-3-4-8-16(15)19-23(21,22)14-10-9-12-5-1-2-6-13(12)11-14/h3-4,7-11,19H,1-2,5-6H2,(H2,18,20). The Bertz CT molecular complexity index is 860. The molecule has 2 aromatic rings. The number of carbonyl (C=O) groups is 1. The van der Waals surface area contributed by atoms with Gasteiger partial charge in [-0.25, -0.2) is 8.42 Å². The Morgan fingerprint density at radius 2 is 1.70 bits per heavy atom. The summed E-state index contributed by atoms with van der Waals surface area (Å²) in [5.74, 6) is -0.672. The highest BCUT2D eigenvalue weighted by Gasteiger charge is 2.19. The Hall–Kier alpha value is -2.34. The molecule has 3 N–H and O–H groups in total. The minimum Gasteiger partial charge on any atom is -0.366 e. The van der Waals surface area contributed by atoms with E-state index in [1.54, 1.807) is 24.3 Å². The molecular weight excluding hydrogens is 312 g/mol. The van der Waals surface area contributed by atoms with Crippen LogP contribution in [0.4, 0.5) is 5.69 Å². The molecule has 3 rings (SSSR count). The summed E-state index contributed by atoms with van der Waals surface area (Å²) in [5, 5.41) is 0. The molecule has 1 amide bonds. The predicted octanol–water partition coefficient (Wildman–Crippen LogP) is 2.47. The molecule has 0 unspecified atom stereocenters. The van der Waals surface area contributed by atoms with Crippen LogP contribution < -0.4 is 10.5 Å². The second-order valence-electron chi connectivity index (χ2n) is 5.65. The number of para-hydroxylation sites is 1. The number of aryl methyl sites for hydroxylation is 2. The Morgan fingerprint density at radius 3 is 2.43 bits per heavy atom. The average molecular weight is 330 g/mol. The van der Waals surface area contributed by atoms with Crippen LogP contribution in [-0.2, 0) is 22.9 Å². The summed E-state index contributed by atoms with van der Waals surface area (Å²) in [6.45, 7) is 0. The van der Waals surface area contributed by atoms with Gasteiger partial charge in [0.1, 0.15) is 0 Å². The summed E-state index contributed by atoms with van der Waals surface area (Å²) < 4.78 is 27.7. The van der Waals surface area contributed by atoms with Gasteiger partial charge in [0.05, 0.1) is 16.1 Å². The van der Waals surface area contributed by atoms with Gasteiger partial charge in [0.15, 0.2) is 0 Å². The van der Waals surface area contributed by atoms with E-state index in [-0.39, 0.29) is 16.1 Å². The lowest BCUT2D eigenvalue weighted by Crippen LogP contribution is -2.19. The minimum atomic E-state index is -3.76. The van der Waals surface area contributed by atoms with Gasteiger partial charge < -0.3 is 5.73 Å². The number of fused-ring (bicyclic) bond motifs is 1. The lowest BCUT2D eigenvalue weighted by Gasteiger charge is -2.17. The lowest BCUT2D eigenvalue weighted by atomic mass is 9.92. The average Bonchev–Trinajstić information content (AvgIpc) is 2.54. The van der Waals surface area contributed by atoms with Gasteiger partial charge in [0, 0.05) is 0 Å². The van der Waals surface area contributed by atoms with Crippen molar-refractivity contribution in [3.63, 3.8) is 0 Å². The van der Waals surface area contributed by atoms with Crippen LogP contribution in [0.1, 0.15) is 34.3 Å². The van der Waals surface area contributed by atoms with E-state index in [1.165, 1.54) is 17.7 Å². The van der Waals surface area contributed by atoms with Crippen molar-refractivity contribution >= 4 is 21.6 Å². The van der Waals surface area contributed by atoms with Crippen molar-refractivity contribution in [2.75, 3.05) is 4.72 Å². The molecule has 0 saturated carbocycles. The summed E-state index contributed by atoms with van der Waals surface area (Å²) in [4.78, 5) is 11.6. The van der Waals surface area contributed by atoms with Gasteiger partial charge in [0.25, 0.3) is 15.9 Å². The molecule has 0 aromatic heterocycles. The van der Waals surface area contributed by atoms with Gasteiger partial charge in [0.2, 0.25) is 0 Å². The van der Waals surface area contributed by atoms with Crippen LogP contribution in [0.25, 0.3) is 0 Å². The van der Waals surface area contributed by atoms with Crippen molar-refractivity contribution in [1.82, 2.24) is 0 Å². The van der Waals surface area contributed by atoms with Crippen molar-refractivity contribution in [3.05, 3.63) is 59.2 Å². The van der Waals surface area contributed by atoms with Crippen molar-refractivity contribution in [3.8, 4) is 0 Å². The molecular formula is C17H18N2O3S. The molecule has 5 nitrogen and oxygen atoms in total. The molecule has 23 heavy (non-hydrogen) atoms. The summed E-state index contributed by atoms with van der Waals surface area (Å²) >= 11 is 0. The zero-order chi connectivity index (χ0) is 16.4. The number of primary amides is 1. The summed E-state index contributed by atoms with van der Waals surface area (Å²) in [6, 6.07) is 11.5. The smallest absolute Gasteiger partial charge is 0.261 e. The maximum Gasteiger partial charge on any atom is 0.261 e. The van der Waals surface area contributed by atoms with Crippen molar-refractivity contribution in [2.45, 2.75) is 30.6 Å². The third-order valence-electron chi connectivity index (χ3n) is 4.07. The Balaban J connectivity index is 1.95. The van der Waals surface area contributed by atoms with E-state index < -0.39 is 15.9 Å². The predicted molar refractivity (Wildman–Crippen MR) is 88.9 cm³/mol. The number of hydrogen-bond acceptors (Lipinski definition) is 3. The second-order valence-corrected chi connectivity index (χ2v) is 7.34. The van der Waals surface area contributed by atoms with Crippen molar-refractivity contribution in [2.24, 2.45) is 5.73 Å². The Labute approximate surface area is 135 Å².